The maximum atomic E-state index is 5.13. The molecule has 0 saturated heterocycles. The van der Waals surface area contributed by atoms with E-state index in [0.717, 1.165) is 5.56 Å². The SMILES string of the molecule is COC(OC)c1ccc(SC)cc1. The van der Waals surface area contributed by atoms with Gasteiger partial charge in [-0.05, 0) is 18.4 Å². The maximum absolute atomic E-state index is 5.13. The van der Waals surface area contributed by atoms with E-state index in [-0.39, 0.29) is 6.29 Å². The first kappa shape index (κ1) is 10.6. The fraction of sp³-hybridized carbons (Fsp3) is 0.400. The smallest absolute Gasteiger partial charge is 0.183 e. The molecule has 72 valence electrons. The molecule has 3 heteroatoms. The zero-order valence-electron chi connectivity index (χ0n) is 8.11. The van der Waals surface area contributed by atoms with Crippen LogP contribution in [0.3, 0.4) is 0 Å². The average Bonchev–Trinajstić information content (AvgIpc) is 2.21. The van der Waals surface area contributed by atoms with E-state index in [2.05, 4.69) is 18.4 Å². The van der Waals surface area contributed by atoms with Gasteiger partial charge in [0.05, 0.1) is 0 Å². The maximum Gasteiger partial charge on any atom is 0.183 e. The van der Waals surface area contributed by atoms with Crippen LogP contribution in [0.15, 0.2) is 29.2 Å². The summed E-state index contributed by atoms with van der Waals surface area (Å²) in [6, 6.07) is 8.16. The minimum atomic E-state index is -0.254. The zero-order chi connectivity index (χ0) is 9.68. The van der Waals surface area contributed by atoms with Crippen LogP contribution in [-0.2, 0) is 9.47 Å². The topological polar surface area (TPSA) is 18.5 Å². The Hall–Kier alpha value is -0.510. The Morgan fingerprint density at radius 3 is 2.00 bits per heavy atom. The lowest BCUT2D eigenvalue weighted by Gasteiger charge is -2.13. The van der Waals surface area contributed by atoms with Gasteiger partial charge in [0.2, 0.25) is 0 Å². The summed E-state index contributed by atoms with van der Waals surface area (Å²) in [5.41, 5.74) is 1.04. The molecular weight excluding hydrogens is 184 g/mol. The Kier molecular flexibility index (Phi) is 4.28. The summed E-state index contributed by atoms with van der Waals surface area (Å²) in [5, 5.41) is 0. The lowest BCUT2D eigenvalue weighted by Crippen LogP contribution is -2.02. The van der Waals surface area contributed by atoms with Gasteiger partial charge in [0.1, 0.15) is 0 Å². The normalized spacial score (nSPS) is 10.8. The Morgan fingerprint density at radius 2 is 1.62 bits per heavy atom. The van der Waals surface area contributed by atoms with Crippen LogP contribution in [-0.4, -0.2) is 20.5 Å². The van der Waals surface area contributed by atoms with E-state index in [4.69, 9.17) is 9.47 Å². The largest absolute Gasteiger partial charge is 0.352 e. The number of hydrogen-bond donors (Lipinski definition) is 0. The first-order valence-corrected chi connectivity index (χ1v) is 5.24. The van der Waals surface area contributed by atoms with Gasteiger partial charge in [-0.1, -0.05) is 12.1 Å². The molecule has 0 atom stereocenters. The lowest BCUT2D eigenvalue weighted by molar-refractivity contribution is -0.106. The molecule has 0 N–H and O–H groups in total. The van der Waals surface area contributed by atoms with Crippen LogP contribution in [0.25, 0.3) is 0 Å². The molecular formula is C10H14O2S. The second kappa shape index (κ2) is 5.27. The molecule has 0 spiro atoms. The summed E-state index contributed by atoms with van der Waals surface area (Å²) in [6.45, 7) is 0. The second-order valence-electron chi connectivity index (χ2n) is 2.58. The quantitative estimate of drug-likeness (QED) is 0.547. The summed E-state index contributed by atoms with van der Waals surface area (Å²) < 4.78 is 10.3. The van der Waals surface area contributed by atoms with E-state index in [1.807, 2.05) is 12.1 Å². The fourth-order valence-electron chi connectivity index (χ4n) is 1.13. The van der Waals surface area contributed by atoms with Gasteiger partial charge in [-0.2, -0.15) is 0 Å². The molecule has 0 heterocycles. The molecule has 0 radical (unpaired) electrons. The first-order chi connectivity index (χ1) is 6.31. The monoisotopic (exact) mass is 198 g/mol. The van der Waals surface area contributed by atoms with E-state index in [1.54, 1.807) is 26.0 Å². The molecule has 0 aromatic heterocycles. The molecule has 0 aliphatic carbocycles. The van der Waals surface area contributed by atoms with Crippen LogP contribution >= 0.6 is 11.8 Å². The molecule has 0 aliphatic heterocycles. The molecule has 0 aliphatic rings. The van der Waals surface area contributed by atoms with Crippen molar-refractivity contribution in [1.82, 2.24) is 0 Å². The van der Waals surface area contributed by atoms with E-state index >= 15 is 0 Å². The third kappa shape index (κ3) is 2.72. The Labute approximate surface area is 83.2 Å². The number of benzene rings is 1. The number of hydrogen-bond acceptors (Lipinski definition) is 3. The van der Waals surface area contributed by atoms with Gasteiger partial charge < -0.3 is 9.47 Å². The van der Waals surface area contributed by atoms with Crippen LogP contribution in [0, 0.1) is 0 Å². The van der Waals surface area contributed by atoms with Crippen molar-refractivity contribution < 1.29 is 9.47 Å². The average molecular weight is 198 g/mol. The van der Waals surface area contributed by atoms with Crippen molar-refractivity contribution in [1.29, 1.82) is 0 Å². The van der Waals surface area contributed by atoms with Crippen LogP contribution in [0.4, 0.5) is 0 Å². The Morgan fingerprint density at radius 1 is 1.08 bits per heavy atom. The Bertz CT molecular complexity index is 242. The van der Waals surface area contributed by atoms with Gasteiger partial charge in [-0.15, -0.1) is 11.8 Å². The van der Waals surface area contributed by atoms with E-state index < -0.39 is 0 Å². The summed E-state index contributed by atoms with van der Waals surface area (Å²) in [4.78, 5) is 1.25. The van der Waals surface area contributed by atoms with Crippen molar-refractivity contribution in [3.8, 4) is 0 Å². The van der Waals surface area contributed by atoms with E-state index in [1.165, 1.54) is 4.90 Å². The molecule has 0 saturated carbocycles. The van der Waals surface area contributed by atoms with Gasteiger partial charge >= 0.3 is 0 Å². The van der Waals surface area contributed by atoms with Crippen LogP contribution in [0.5, 0.6) is 0 Å². The molecule has 0 bridgehead atoms. The van der Waals surface area contributed by atoms with Crippen molar-refractivity contribution in [2.24, 2.45) is 0 Å². The highest BCUT2D eigenvalue weighted by Crippen LogP contribution is 2.21. The summed E-state index contributed by atoms with van der Waals surface area (Å²) >= 11 is 1.72. The van der Waals surface area contributed by atoms with Gasteiger partial charge in [0, 0.05) is 24.7 Å². The van der Waals surface area contributed by atoms with E-state index in [0.29, 0.717) is 0 Å². The standard InChI is InChI=1S/C10H14O2S/c1-11-10(12-2)8-4-6-9(13-3)7-5-8/h4-7,10H,1-3H3. The van der Waals surface area contributed by atoms with Gasteiger partial charge in [0.15, 0.2) is 6.29 Å². The molecule has 0 fully saturated rings. The van der Waals surface area contributed by atoms with Crippen LogP contribution in [0.1, 0.15) is 11.9 Å². The highest BCUT2D eigenvalue weighted by atomic mass is 32.2. The highest BCUT2D eigenvalue weighted by molar-refractivity contribution is 7.98. The number of rotatable bonds is 4. The molecule has 0 amide bonds. The number of ether oxygens (including phenoxy) is 2. The minimum absolute atomic E-state index is 0.254. The van der Waals surface area contributed by atoms with Gasteiger partial charge in [-0.25, -0.2) is 0 Å². The molecule has 1 aromatic carbocycles. The van der Waals surface area contributed by atoms with Crippen molar-refractivity contribution in [3.05, 3.63) is 29.8 Å². The van der Waals surface area contributed by atoms with Crippen molar-refractivity contribution in [2.75, 3.05) is 20.5 Å². The van der Waals surface area contributed by atoms with Crippen molar-refractivity contribution in [2.45, 2.75) is 11.2 Å². The van der Waals surface area contributed by atoms with E-state index in [9.17, 15) is 0 Å². The van der Waals surface area contributed by atoms with Gasteiger partial charge in [-0.3, -0.25) is 0 Å². The van der Waals surface area contributed by atoms with Crippen molar-refractivity contribution in [3.63, 3.8) is 0 Å². The van der Waals surface area contributed by atoms with Crippen molar-refractivity contribution >= 4 is 11.8 Å². The third-order valence-corrected chi connectivity index (χ3v) is 2.56. The summed E-state index contributed by atoms with van der Waals surface area (Å²) in [6.07, 6.45) is 1.80. The summed E-state index contributed by atoms with van der Waals surface area (Å²) in [7, 11) is 3.27. The molecule has 1 aromatic rings. The second-order valence-corrected chi connectivity index (χ2v) is 3.46. The molecule has 1 rings (SSSR count). The fourth-order valence-corrected chi connectivity index (χ4v) is 1.54. The Balaban J connectivity index is 2.78. The zero-order valence-corrected chi connectivity index (χ0v) is 8.93. The van der Waals surface area contributed by atoms with Gasteiger partial charge in [0.25, 0.3) is 0 Å². The van der Waals surface area contributed by atoms with Crippen LogP contribution < -0.4 is 0 Å². The number of thioether (sulfide) groups is 1. The lowest BCUT2D eigenvalue weighted by atomic mass is 10.2. The highest BCUT2D eigenvalue weighted by Gasteiger charge is 2.07. The molecule has 2 nitrogen and oxygen atoms in total. The van der Waals surface area contributed by atoms with Crippen LogP contribution in [0.2, 0.25) is 0 Å². The minimum Gasteiger partial charge on any atom is -0.352 e. The summed E-state index contributed by atoms with van der Waals surface area (Å²) in [5.74, 6) is 0. The predicted molar refractivity (Wildman–Crippen MR) is 55.0 cm³/mol. The third-order valence-electron chi connectivity index (χ3n) is 1.82. The predicted octanol–water partition coefficient (Wildman–Crippen LogP) is 2.70. The molecule has 13 heavy (non-hydrogen) atoms. The first-order valence-electron chi connectivity index (χ1n) is 4.01. The number of methoxy groups -OCH3 is 2. The molecule has 0 unspecified atom stereocenters.